The highest BCUT2D eigenvalue weighted by molar-refractivity contribution is 6.46. The van der Waals surface area contributed by atoms with Crippen LogP contribution in [0.4, 0.5) is 0 Å². The highest BCUT2D eigenvalue weighted by atomic mass is 16.5. The van der Waals surface area contributed by atoms with Crippen LogP contribution in [0.25, 0.3) is 5.76 Å². The second-order valence-corrected chi connectivity index (χ2v) is 8.18. The molecule has 176 valence electrons. The molecule has 1 amide bonds. The monoisotopic (exact) mass is 454 g/mol. The Morgan fingerprint density at radius 1 is 1.15 bits per heavy atom. The van der Waals surface area contributed by atoms with E-state index in [4.69, 9.17) is 9.47 Å². The fourth-order valence-electron chi connectivity index (χ4n) is 4.00. The van der Waals surface area contributed by atoms with Crippen LogP contribution in [-0.4, -0.2) is 78.0 Å². The zero-order valence-corrected chi connectivity index (χ0v) is 19.9. The molecular formula is C24H30N4O5. The van der Waals surface area contributed by atoms with Crippen LogP contribution in [0, 0.1) is 13.8 Å². The molecule has 1 saturated heterocycles. The Balaban J connectivity index is 2.17. The van der Waals surface area contributed by atoms with Gasteiger partial charge in [0.1, 0.15) is 11.6 Å². The molecule has 2 heterocycles. The first-order chi connectivity index (χ1) is 15.7. The molecule has 3 rings (SSSR count). The lowest BCUT2D eigenvalue weighted by atomic mass is 9.95. The SMILES string of the molecule is COc1ccc([C@H]2/C(=C(\O)c3cnc(C)nc3C)C(=O)C(=O)N2CCCN(C)C)cc1OC. The summed E-state index contributed by atoms with van der Waals surface area (Å²) in [4.78, 5) is 38.2. The average molecular weight is 455 g/mol. The number of hydrogen-bond acceptors (Lipinski definition) is 8. The van der Waals surface area contributed by atoms with E-state index in [1.54, 1.807) is 32.0 Å². The van der Waals surface area contributed by atoms with Crippen molar-refractivity contribution < 1.29 is 24.2 Å². The van der Waals surface area contributed by atoms with E-state index in [9.17, 15) is 14.7 Å². The Kier molecular flexibility index (Phi) is 7.33. The van der Waals surface area contributed by atoms with Crippen LogP contribution in [0.5, 0.6) is 11.5 Å². The van der Waals surface area contributed by atoms with Gasteiger partial charge in [0.2, 0.25) is 0 Å². The van der Waals surface area contributed by atoms with Crippen molar-refractivity contribution in [2.75, 3.05) is 41.4 Å². The quantitative estimate of drug-likeness (QED) is 0.369. The van der Waals surface area contributed by atoms with E-state index in [0.717, 1.165) is 6.54 Å². The third-order valence-corrected chi connectivity index (χ3v) is 5.62. The Hall–Kier alpha value is -3.46. The number of aromatic nitrogens is 2. The maximum absolute atomic E-state index is 13.2. The number of amides is 1. The van der Waals surface area contributed by atoms with Crippen molar-refractivity contribution in [1.29, 1.82) is 0 Å². The molecule has 1 aromatic carbocycles. The van der Waals surface area contributed by atoms with Crippen molar-refractivity contribution in [3.8, 4) is 11.5 Å². The molecule has 0 unspecified atom stereocenters. The summed E-state index contributed by atoms with van der Waals surface area (Å²) in [5.74, 6) is -0.152. The van der Waals surface area contributed by atoms with Crippen LogP contribution in [0.3, 0.4) is 0 Å². The first-order valence-corrected chi connectivity index (χ1v) is 10.6. The fourth-order valence-corrected chi connectivity index (χ4v) is 4.00. The normalized spacial score (nSPS) is 17.7. The summed E-state index contributed by atoms with van der Waals surface area (Å²) in [5, 5.41) is 11.2. The zero-order chi connectivity index (χ0) is 24.3. The highest BCUT2D eigenvalue weighted by Gasteiger charge is 2.46. The molecular weight excluding hydrogens is 424 g/mol. The lowest BCUT2D eigenvalue weighted by molar-refractivity contribution is -0.139. The van der Waals surface area contributed by atoms with E-state index in [0.29, 0.717) is 47.1 Å². The average Bonchev–Trinajstić information content (AvgIpc) is 3.03. The second kappa shape index (κ2) is 9.99. The number of benzene rings is 1. The van der Waals surface area contributed by atoms with E-state index in [2.05, 4.69) is 9.97 Å². The van der Waals surface area contributed by atoms with E-state index < -0.39 is 17.7 Å². The first-order valence-electron chi connectivity index (χ1n) is 10.6. The van der Waals surface area contributed by atoms with Crippen molar-refractivity contribution in [3.05, 3.63) is 52.6 Å². The van der Waals surface area contributed by atoms with Gasteiger partial charge >= 0.3 is 0 Å². The summed E-state index contributed by atoms with van der Waals surface area (Å²) in [6, 6.07) is 4.42. The molecule has 9 heteroatoms. The lowest BCUT2D eigenvalue weighted by Crippen LogP contribution is -2.32. The van der Waals surface area contributed by atoms with Crippen LogP contribution in [0.15, 0.2) is 30.0 Å². The van der Waals surface area contributed by atoms with E-state index in [1.165, 1.54) is 25.3 Å². The van der Waals surface area contributed by atoms with Crippen molar-refractivity contribution in [3.63, 3.8) is 0 Å². The summed E-state index contributed by atoms with van der Waals surface area (Å²) >= 11 is 0. The molecule has 0 bridgehead atoms. The molecule has 9 nitrogen and oxygen atoms in total. The van der Waals surface area contributed by atoms with Crippen LogP contribution >= 0.6 is 0 Å². The van der Waals surface area contributed by atoms with Gasteiger partial charge in [0.25, 0.3) is 11.7 Å². The van der Waals surface area contributed by atoms with Gasteiger partial charge in [0.05, 0.1) is 37.1 Å². The molecule has 0 aliphatic carbocycles. The fraction of sp³-hybridized carbons (Fsp3) is 0.417. The molecule has 1 aromatic heterocycles. The third-order valence-electron chi connectivity index (χ3n) is 5.62. The van der Waals surface area contributed by atoms with Gasteiger partial charge in [-0.1, -0.05) is 6.07 Å². The zero-order valence-electron chi connectivity index (χ0n) is 19.9. The smallest absolute Gasteiger partial charge is 0.295 e. The van der Waals surface area contributed by atoms with Crippen LogP contribution in [-0.2, 0) is 9.59 Å². The third kappa shape index (κ3) is 4.83. The number of ether oxygens (including phenoxy) is 2. The number of methoxy groups -OCH3 is 2. The standard InChI is InChI=1S/C24H30N4O5/c1-14-17(13-25-15(2)26-14)22(29)20-21(16-8-9-18(32-5)19(12-16)33-6)28(24(31)23(20)30)11-7-10-27(3)4/h8-9,12-13,21,29H,7,10-11H2,1-6H3/b22-20+/t21-/m0/s1. The Morgan fingerprint density at radius 2 is 1.85 bits per heavy atom. The number of Topliss-reactive ketones (excluding diaryl/α,β-unsaturated/α-hetero) is 1. The topological polar surface area (TPSA) is 105 Å². The number of likely N-dealkylation sites (tertiary alicyclic amines) is 1. The maximum atomic E-state index is 13.2. The van der Waals surface area contributed by atoms with E-state index >= 15 is 0 Å². The van der Waals surface area contributed by atoms with E-state index in [1.807, 2.05) is 19.0 Å². The number of carbonyl (C=O) groups excluding carboxylic acids is 2. The second-order valence-electron chi connectivity index (χ2n) is 8.18. The van der Waals surface area contributed by atoms with Gasteiger partial charge in [-0.3, -0.25) is 9.59 Å². The molecule has 0 saturated carbocycles. The number of nitrogens with zero attached hydrogens (tertiary/aromatic N) is 4. The molecule has 1 aliphatic rings. The van der Waals surface area contributed by atoms with Gasteiger partial charge in [-0.2, -0.15) is 0 Å². The van der Waals surface area contributed by atoms with Gasteiger partial charge in [-0.15, -0.1) is 0 Å². The molecule has 1 N–H and O–H groups in total. The Labute approximate surface area is 193 Å². The number of aliphatic hydroxyl groups excluding tert-OH is 1. The number of aryl methyl sites for hydroxylation is 2. The lowest BCUT2D eigenvalue weighted by Gasteiger charge is -2.26. The minimum atomic E-state index is -0.785. The van der Waals surface area contributed by atoms with Gasteiger partial charge in [0, 0.05) is 12.7 Å². The largest absolute Gasteiger partial charge is 0.507 e. The van der Waals surface area contributed by atoms with Gasteiger partial charge in [0.15, 0.2) is 11.5 Å². The summed E-state index contributed by atoms with van der Waals surface area (Å²) in [5.41, 5.74) is 1.47. The number of aliphatic hydroxyl groups is 1. The van der Waals surface area contributed by atoms with Crippen molar-refractivity contribution in [2.24, 2.45) is 0 Å². The molecule has 1 atom stereocenters. The summed E-state index contributed by atoms with van der Waals surface area (Å²) in [6.07, 6.45) is 2.13. The van der Waals surface area contributed by atoms with Crippen molar-refractivity contribution in [2.45, 2.75) is 26.3 Å². The minimum Gasteiger partial charge on any atom is -0.507 e. The minimum absolute atomic E-state index is 0.00706. The van der Waals surface area contributed by atoms with Crippen LogP contribution in [0.1, 0.15) is 35.1 Å². The van der Waals surface area contributed by atoms with Gasteiger partial charge < -0.3 is 24.4 Å². The molecule has 0 spiro atoms. The van der Waals surface area contributed by atoms with Crippen LogP contribution in [0.2, 0.25) is 0 Å². The molecule has 1 fully saturated rings. The molecule has 33 heavy (non-hydrogen) atoms. The predicted molar refractivity (Wildman–Crippen MR) is 123 cm³/mol. The first kappa shape index (κ1) is 24.2. The number of carbonyl (C=O) groups is 2. The van der Waals surface area contributed by atoms with Crippen molar-refractivity contribution in [1.82, 2.24) is 19.8 Å². The summed E-state index contributed by atoms with van der Waals surface area (Å²) in [6.45, 7) is 4.56. The number of rotatable bonds is 8. The van der Waals surface area contributed by atoms with E-state index in [-0.39, 0.29) is 11.3 Å². The summed E-state index contributed by atoms with van der Waals surface area (Å²) < 4.78 is 10.8. The molecule has 2 aromatic rings. The highest BCUT2D eigenvalue weighted by Crippen LogP contribution is 2.42. The predicted octanol–water partition coefficient (Wildman–Crippen LogP) is 2.48. The Morgan fingerprint density at radius 3 is 2.45 bits per heavy atom. The maximum Gasteiger partial charge on any atom is 0.295 e. The Bertz CT molecular complexity index is 1100. The molecule has 1 aliphatic heterocycles. The van der Waals surface area contributed by atoms with Crippen LogP contribution < -0.4 is 9.47 Å². The number of ketones is 1. The van der Waals surface area contributed by atoms with Gasteiger partial charge in [-0.05, 0) is 58.6 Å². The molecule has 0 radical (unpaired) electrons. The van der Waals surface area contributed by atoms with Gasteiger partial charge in [-0.25, -0.2) is 9.97 Å². The van der Waals surface area contributed by atoms with Crippen molar-refractivity contribution >= 4 is 17.4 Å². The number of hydrogen-bond donors (Lipinski definition) is 1. The summed E-state index contributed by atoms with van der Waals surface area (Å²) in [7, 11) is 6.94.